The largest absolute Gasteiger partial charge is 0.489 e. The van der Waals surface area contributed by atoms with Crippen LogP contribution in [-0.4, -0.2) is 44.8 Å². The fourth-order valence-corrected chi connectivity index (χ4v) is 3.41. The molecule has 0 fully saturated rings. The van der Waals surface area contributed by atoms with Crippen LogP contribution in [-0.2, 0) is 13.1 Å². The normalized spacial score (nSPS) is 12.9. The summed E-state index contributed by atoms with van der Waals surface area (Å²) in [6, 6.07) is 5.00. The molecule has 2 aromatic heterocycles. The molecule has 27 heavy (non-hydrogen) atoms. The Morgan fingerprint density at radius 1 is 1.33 bits per heavy atom. The molecule has 2 amide bonds. The lowest BCUT2D eigenvalue weighted by Crippen LogP contribution is -2.32. The minimum Gasteiger partial charge on any atom is -0.489 e. The third-order valence-electron chi connectivity index (χ3n) is 4.67. The molecule has 9 heteroatoms. The summed E-state index contributed by atoms with van der Waals surface area (Å²) in [5, 5.41) is 4.34. The minimum atomic E-state index is -0.551. The SMILES string of the molecule is CCn1nc(C)cc1C(=O)N(C)c1nc2cc(C(N)=O)cc3c2n1CCO3. The van der Waals surface area contributed by atoms with Crippen LogP contribution in [0, 0.1) is 6.92 Å². The second-order valence-electron chi connectivity index (χ2n) is 6.47. The van der Waals surface area contributed by atoms with Crippen LogP contribution < -0.4 is 15.4 Å². The van der Waals surface area contributed by atoms with Crippen LogP contribution in [0.5, 0.6) is 5.75 Å². The van der Waals surface area contributed by atoms with Gasteiger partial charge in [-0.3, -0.25) is 19.2 Å². The van der Waals surface area contributed by atoms with Crippen molar-refractivity contribution >= 4 is 28.8 Å². The smallest absolute Gasteiger partial charge is 0.278 e. The number of anilines is 1. The highest BCUT2D eigenvalue weighted by molar-refractivity contribution is 6.05. The van der Waals surface area contributed by atoms with Crippen molar-refractivity contribution in [1.82, 2.24) is 19.3 Å². The summed E-state index contributed by atoms with van der Waals surface area (Å²) in [5.74, 6) is 0.279. The molecule has 3 aromatic rings. The van der Waals surface area contributed by atoms with Gasteiger partial charge in [-0.2, -0.15) is 5.10 Å². The molecule has 3 heterocycles. The number of imidazole rings is 1. The monoisotopic (exact) mass is 368 g/mol. The van der Waals surface area contributed by atoms with Gasteiger partial charge in [0.2, 0.25) is 11.9 Å². The highest BCUT2D eigenvalue weighted by Crippen LogP contribution is 2.34. The number of nitrogens with two attached hydrogens (primary N) is 1. The van der Waals surface area contributed by atoms with Crippen molar-refractivity contribution in [2.45, 2.75) is 26.9 Å². The van der Waals surface area contributed by atoms with Crippen molar-refractivity contribution in [3.8, 4) is 5.75 Å². The van der Waals surface area contributed by atoms with Crippen LogP contribution in [0.2, 0.25) is 0 Å². The average molecular weight is 368 g/mol. The quantitative estimate of drug-likeness (QED) is 0.747. The highest BCUT2D eigenvalue weighted by atomic mass is 16.5. The average Bonchev–Trinajstić information content (AvgIpc) is 3.22. The molecule has 0 saturated carbocycles. The zero-order chi connectivity index (χ0) is 19.3. The lowest BCUT2D eigenvalue weighted by Gasteiger charge is -2.22. The maximum absolute atomic E-state index is 13.1. The van der Waals surface area contributed by atoms with Gasteiger partial charge in [-0.1, -0.05) is 0 Å². The van der Waals surface area contributed by atoms with Crippen molar-refractivity contribution in [2.24, 2.45) is 5.73 Å². The number of carbonyl (C=O) groups excluding carboxylic acids is 2. The predicted octanol–water partition coefficient (Wildman–Crippen LogP) is 1.33. The molecule has 140 valence electrons. The van der Waals surface area contributed by atoms with E-state index in [1.165, 1.54) is 4.90 Å². The summed E-state index contributed by atoms with van der Waals surface area (Å²) in [5.41, 5.74) is 8.33. The second kappa shape index (κ2) is 6.11. The van der Waals surface area contributed by atoms with E-state index in [0.29, 0.717) is 48.2 Å². The number of benzene rings is 1. The van der Waals surface area contributed by atoms with E-state index < -0.39 is 5.91 Å². The van der Waals surface area contributed by atoms with Gasteiger partial charge in [0.15, 0.2) is 0 Å². The third-order valence-corrected chi connectivity index (χ3v) is 4.67. The van der Waals surface area contributed by atoms with Crippen molar-refractivity contribution in [2.75, 3.05) is 18.6 Å². The standard InChI is InChI=1S/C18H20N6O3/c1-4-24-13(7-10(2)21-24)17(26)22(3)18-20-12-8-11(16(19)25)9-14-15(12)23(18)5-6-27-14/h7-9H,4-6H2,1-3H3,(H2,19,25). The van der Waals surface area contributed by atoms with E-state index in [1.54, 1.807) is 29.9 Å². The summed E-state index contributed by atoms with van der Waals surface area (Å²) in [6.07, 6.45) is 0. The van der Waals surface area contributed by atoms with Gasteiger partial charge in [0, 0.05) is 19.2 Å². The molecule has 0 spiro atoms. The van der Waals surface area contributed by atoms with Crippen LogP contribution in [0.4, 0.5) is 5.95 Å². The first-order valence-electron chi connectivity index (χ1n) is 8.70. The lowest BCUT2D eigenvalue weighted by molar-refractivity contribution is 0.0977. The summed E-state index contributed by atoms with van der Waals surface area (Å²) < 4.78 is 9.28. The van der Waals surface area contributed by atoms with Crippen LogP contribution in [0.15, 0.2) is 18.2 Å². The first-order chi connectivity index (χ1) is 12.9. The molecule has 0 atom stereocenters. The number of amides is 2. The summed E-state index contributed by atoms with van der Waals surface area (Å²) in [7, 11) is 1.68. The van der Waals surface area contributed by atoms with Gasteiger partial charge in [0.1, 0.15) is 23.6 Å². The molecule has 9 nitrogen and oxygen atoms in total. The van der Waals surface area contributed by atoms with Gasteiger partial charge in [-0.25, -0.2) is 4.98 Å². The van der Waals surface area contributed by atoms with E-state index in [4.69, 9.17) is 10.5 Å². The summed E-state index contributed by atoms with van der Waals surface area (Å²) in [6.45, 7) is 5.36. The number of hydrogen-bond acceptors (Lipinski definition) is 5. The molecule has 1 aliphatic heterocycles. The molecular formula is C18H20N6O3. The zero-order valence-corrected chi connectivity index (χ0v) is 15.4. The molecular weight excluding hydrogens is 348 g/mol. The Balaban J connectivity index is 1.83. The molecule has 2 N–H and O–H groups in total. The molecule has 1 aromatic carbocycles. The number of aryl methyl sites for hydroxylation is 2. The topological polar surface area (TPSA) is 108 Å². The van der Waals surface area contributed by atoms with E-state index >= 15 is 0 Å². The molecule has 1 aliphatic rings. The van der Waals surface area contributed by atoms with Crippen LogP contribution in [0.1, 0.15) is 33.5 Å². The van der Waals surface area contributed by atoms with Crippen LogP contribution in [0.3, 0.4) is 0 Å². The number of aromatic nitrogens is 4. The minimum absolute atomic E-state index is 0.202. The van der Waals surface area contributed by atoms with Crippen molar-refractivity contribution in [1.29, 1.82) is 0 Å². The zero-order valence-electron chi connectivity index (χ0n) is 15.4. The van der Waals surface area contributed by atoms with E-state index in [2.05, 4.69) is 10.1 Å². The number of carbonyl (C=O) groups is 2. The van der Waals surface area contributed by atoms with Gasteiger partial charge in [0.25, 0.3) is 5.91 Å². The first kappa shape index (κ1) is 17.1. The van der Waals surface area contributed by atoms with Gasteiger partial charge >= 0.3 is 0 Å². The van der Waals surface area contributed by atoms with Crippen LogP contribution in [0.25, 0.3) is 11.0 Å². The molecule has 0 radical (unpaired) electrons. The Kier molecular flexibility index (Phi) is 3.87. The van der Waals surface area contributed by atoms with E-state index in [9.17, 15) is 9.59 Å². The second-order valence-corrected chi connectivity index (χ2v) is 6.47. The third kappa shape index (κ3) is 2.62. The van der Waals surface area contributed by atoms with E-state index in [1.807, 2.05) is 18.4 Å². The molecule has 0 saturated heterocycles. The Bertz CT molecular complexity index is 1080. The van der Waals surface area contributed by atoms with Gasteiger partial charge < -0.3 is 15.0 Å². The maximum Gasteiger partial charge on any atom is 0.278 e. The molecule has 4 rings (SSSR count). The predicted molar refractivity (Wildman–Crippen MR) is 99.1 cm³/mol. The first-order valence-corrected chi connectivity index (χ1v) is 8.70. The number of primary amides is 1. The van der Waals surface area contributed by atoms with Crippen molar-refractivity contribution in [3.05, 3.63) is 35.2 Å². The summed E-state index contributed by atoms with van der Waals surface area (Å²) in [4.78, 5) is 30.7. The Morgan fingerprint density at radius 2 is 2.11 bits per heavy atom. The van der Waals surface area contributed by atoms with Crippen LogP contribution >= 0.6 is 0 Å². The Hall–Kier alpha value is -3.36. The number of hydrogen-bond donors (Lipinski definition) is 1. The number of rotatable bonds is 4. The van der Waals surface area contributed by atoms with Gasteiger partial charge in [-0.05, 0) is 32.0 Å². The van der Waals surface area contributed by atoms with E-state index in [0.717, 1.165) is 11.2 Å². The number of ether oxygens (including phenoxy) is 1. The molecule has 0 aliphatic carbocycles. The number of nitrogens with zero attached hydrogens (tertiary/aromatic N) is 5. The summed E-state index contributed by atoms with van der Waals surface area (Å²) >= 11 is 0. The van der Waals surface area contributed by atoms with E-state index in [-0.39, 0.29) is 5.91 Å². The molecule has 0 unspecified atom stereocenters. The Labute approximate surface area is 155 Å². The van der Waals surface area contributed by atoms with Gasteiger partial charge in [-0.15, -0.1) is 0 Å². The fourth-order valence-electron chi connectivity index (χ4n) is 3.41. The van der Waals surface area contributed by atoms with Crippen molar-refractivity contribution in [3.63, 3.8) is 0 Å². The van der Waals surface area contributed by atoms with Crippen molar-refractivity contribution < 1.29 is 14.3 Å². The Morgan fingerprint density at radius 3 is 2.81 bits per heavy atom. The highest BCUT2D eigenvalue weighted by Gasteiger charge is 2.27. The lowest BCUT2D eigenvalue weighted by atomic mass is 10.1. The van der Waals surface area contributed by atoms with Gasteiger partial charge in [0.05, 0.1) is 17.8 Å². The fraction of sp³-hybridized carbons (Fsp3) is 0.333. The molecule has 0 bridgehead atoms. The maximum atomic E-state index is 13.1.